The molecule has 19 heavy (non-hydrogen) atoms. The monoisotopic (exact) mass is 261 g/mol. The molecule has 0 saturated heterocycles. The lowest BCUT2D eigenvalue weighted by Crippen LogP contribution is -2.39. The second-order valence-corrected chi connectivity index (χ2v) is 4.36. The Bertz CT molecular complexity index is 428. The van der Waals surface area contributed by atoms with E-state index in [1.54, 1.807) is 12.4 Å². The normalized spacial score (nSPS) is 11.9. The number of amides is 1. The standard InChI is InChI=1S/C13H19N5O/c1-11(8-13(19)17-15)18(7-3-5-14)10-12-4-2-6-16-9-12/h2,4,6,9,11H,3,7-8,10,15H2,1H3,(H,17,19). The van der Waals surface area contributed by atoms with Crippen LogP contribution in [0.2, 0.25) is 0 Å². The van der Waals surface area contributed by atoms with E-state index in [2.05, 4.69) is 21.4 Å². The van der Waals surface area contributed by atoms with Crippen LogP contribution < -0.4 is 11.3 Å². The molecule has 1 atom stereocenters. The lowest BCUT2D eigenvalue weighted by atomic mass is 10.1. The van der Waals surface area contributed by atoms with Crippen LogP contribution in [0, 0.1) is 11.3 Å². The van der Waals surface area contributed by atoms with Crippen molar-refractivity contribution in [1.29, 1.82) is 5.26 Å². The molecule has 0 saturated carbocycles. The van der Waals surface area contributed by atoms with Gasteiger partial charge in [-0.05, 0) is 18.6 Å². The quantitative estimate of drug-likeness (QED) is 0.425. The summed E-state index contributed by atoms with van der Waals surface area (Å²) in [6.45, 7) is 3.22. The number of hydrazine groups is 1. The number of nitrogens with zero attached hydrogens (tertiary/aromatic N) is 3. The van der Waals surface area contributed by atoms with Crippen molar-refractivity contribution < 1.29 is 4.79 Å². The highest BCUT2D eigenvalue weighted by Gasteiger charge is 2.17. The van der Waals surface area contributed by atoms with Crippen molar-refractivity contribution in [2.24, 2.45) is 5.84 Å². The van der Waals surface area contributed by atoms with Crippen molar-refractivity contribution in [3.63, 3.8) is 0 Å². The van der Waals surface area contributed by atoms with Crippen molar-refractivity contribution in [1.82, 2.24) is 15.3 Å². The molecule has 0 fully saturated rings. The Labute approximate surface area is 113 Å². The summed E-state index contributed by atoms with van der Waals surface area (Å²) in [4.78, 5) is 17.5. The first kappa shape index (κ1) is 15.1. The average Bonchev–Trinajstić information content (AvgIpc) is 2.44. The lowest BCUT2D eigenvalue weighted by Gasteiger charge is -2.27. The Hall–Kier alpha value is -1.97. The van der Waals surface area contributed by atoms with E-state index < -0.39 is 0 Å². The molecule has 1 amide bonds. The third-order valence-corrected chi connectivity index (χ3v) is 2.88. The van der Waals surface area contributed by atoms with Crippen LogP contribution in [0.3, 0.4) is 0 Å². The average molecular weight is 261 g/mol. The molecule has 0 aliphatic carbocycles. The summed E-state index contributed by atoms with van der Waals surface area (Å²) in [6, 6.07) is 5.98. The smallest absolute Gasteiger partial charge is 0.235 e. The van der Waals surface area contributed by atoms with Gasteiger partial charge in [0.15, 0.2) is 0 Å². The van der Waals surface area contributed by atoms with Crippen LogP contribution in [0.5, 0.6) is 0 Å². The summed E-state index contributed by atoms with van der Waals surface area (Å²) in [6.07, 6.45) is 4.24. The molecule has 102 valence electrons. The van der Waals surface area contributed by atoms with Crippen LogP contribution in [-0.2, 0) is 11.3 Å². The molecule has 6 heteroatoms. The topological polar surface area (TPSA) is 95.0 Å². The van der Waals surface area contributed by atoms with E-state index in [9.17, 15) is 4.79 Å². The minimum absolute atomic E-state index is 0.0112. The number of hydrogen-bond acceptors (Lipinski definition) is 5. The number of pyridine rings is 1. The molecule has 0 aliphatic heterocycles. The van der Waals surface area contributed by atoms with Gasteiger partial charge in [-0.25, -0.2) is 5.84 Å². The molecule has 1 aromatic heterocycles. The Morgan fingerprint density at radius 3 is 3.05 bits per heavy atom. The molecule has 0 radical (unpaired) electrons. The zero-order chi connectivity index (χ0) is 14.1. The SMILES string of the molecule is CC(CC(=O)NN)N(CCC#N)Cc1cccnc1. The molecule has 0 spiro atoms. The van der Waals surface area contributed by atoms with E-state index in [0.29, 0.717) is 25.9 Å². The van der Waals surface area contributed by atoms with E-state index in [4.69, 9.17) is 11.1 Å². The predicted octanol–water partition coefficient (Wildman–Crippen LogP) is 0.566. The van der Waals surface area contributed by atoms with E-state index in [-0.39, 0.29) is 11.9 Å². The molecule has 1 unspecified atom stereocenters. The first-order valence-electron chi connectivity index (χ1n) is 6.16. The summed E-state index contributed by atoms with van der Waals surface area (Å²) in [7, 11) is 0. The van der Waals surface area contributed by atoms with Gasteiger partial charge in [0.25, 0.3) is 0 Å². The van der Waals surface area contributed by atoms with Crippen LogP contribution in [0.4, 0.5) is 0 Å². The molecule has 0 aromatic carbocycles. The van der Waals surface area contributed by atoms with Crippen molar-refractivity contribution in [2.75, 3.05) is 6.54 Å². The van der Waals surface area contributed by atoms with Gasteiger partial charge in [-0.1, -0.05) is 6.07 Å². The van der Waals surface area contributed by atoms with Gasteiger partial charge in [0.1, 0.15) is 0 Å². The van der Waals surface area contributed by atoms with E-state index in [0.717, 1.165) is 5.56 Å². The second-order valence-electron chi connectivity index (χ2n) is 4.36. The summed E-state index contributed by atoms with van der Waals surface area (Å²) in [5.41, 5.74) is 3.18. The van der Waals surface area contributed by atoms with Crippen molar-refractivity contribution >= 4 is 5.91 Å². The van der Waals surface area contributed by atoms with Gasteiger partial charge < -0.3 is 0 Å². The zero-order valence-electron chi connectivity index (χ0n) is 11.0. The van der Waals surface area contributed by atoms with Gasteiger partial charge >= 0.3 is 0 Å². The van der Waals surface area contributed by atoms with Crippen LogP contribution in [-0.4, -0.2) is 28.4 Å². The number of carbonyl (C=O) groups excluding carboxylic acids is 1. The molecule has 1 heterocycles. The minimum atomic E-state index is -0.208. The maximum atomic E-state index is 11.3. The van der Waals surface area contributed by atoms with Gasteiger partial charge in [0, 0.05) is 44.4 Å². The Morgan fingerprint density at radius 2 is 2.47 bits per heavy atom. The minimum Gasteiger partial charge on any atom is -0.295 e. The van der Waals surface area contributed by atoms with Gasteiger partial charge in [0.2, 0.25) is 5.91 Å². The van der Waals surface area contributed by atoms with Crippen LogP contribution in [0.15, 0.2) is 24.5 Å². The summed E-state index contributed by atoms with van der Waals surface area (Å²) in [5.74, 6) is 4.89. The second kappa shape index (κ2) is 8.19. The maximum Gasteiger partial charge on any atom is 0.235 e. The number of nitriles is 1. The molecule has 1 aromatic rings. The third-order valence-electron chi connectivity index (χ3n) is 2.88. The molecular formula is C13H19N5O. The third kappa shape index (κ3) is 5.46. The fourth-order valence-electron chi connectivity index (χ4n) is 1.83. The fourth-order valence-corrected chi connectivity index (χ4v) is 1.83. The molecule has 6 nitrogen and oxygen atoms in total. The van der Waals surface area contributed by atoms with Crippen LogP contribution >= 0.6 is 0 Å². The van der Waals surface area contributed by atoms with E-state index in [1.165, 1.54) is 0 Å². The first-order valence-corrected chi connectivity index (χ1v) is 6.16. The summed E-state index contributed by atoms with van der Waals surface area (Å²) in [5, 5.41) is 8.70. The summed E-state index contributed by atoms with van der Waals surface area (Å²) >= 11 is 0. The highest BCUT2D eigenvalue weighted by atomic mass is 16.2. The molecule has 0 aliphatic rings. The summed E-state index contributed by atoms with van der Waals surface area (Å²) < 4.78 is 0. The largest absolute Gasteiger partial charge is 0.295 e. The fraction of sp³-hybridized carbons (Fsp3) is 0.462. The highest BCUT2D eigenvalue weighted by Crippen LogP contribution is 2.10. The van der Waals surface area contributed by atoms with Crippen LogP contribution in [0.25, 0.3) is 0 Å². The van der Waals surface area contributed by atoms with Gasteiger partial charge in [-0.15, -0.1) is 0 Å². The number of carbonyl (C=O) groups is 1. The Balaban J connectivity index is 2.65. The zero-order valence-corrected chi connectivity index (χ0v) is 11.0. The Morgan fingerprint density at radius 1 is 1.68 bits per heavy atom. The lowest BCUT2D eigenvalue weighted by molar-refractivity contribution is -0.122. The first-order chi connectivity index (χ1) is 9.17. The van der Waals surface area contributed by atoms with E-state index >= 15 is 0 Å². The molecule has 0 bridgehead atoms. The Kier molecular flexibility index (Phi) is 6.50. The van der Waals surface area contributed by atoms with E-state index in [1.807, 2.05) is 19.1 Å². The van der Waals surface area contributed by atoms with Crippen molar-refractivity contribution in [3.8, 4) is 6.07 Å². The molecule has 1 rings (SSSR count). The number of hydrogen-bond donors (Lipinski definition) is 2. The molecule has 3 N–H and O–H groups in total. The van der Waals surface area contributed by atoms with Gasteiger partial charge in [0.05, 0.1) is 6.07 Å². The number of aromatic nitrogens is 1. The number of nitrogens with two attached hydrogens (primary N) is 1. The van der Waals surface area contributed by atoms with Gasteiger partial charge in [-0.3, -0.25) is 20.1 Å². The molecular weight excluding hydrogens is 242 g/mol. The van der Waals surface area contributed by atoms with Crippen molar-refractivity contribution in [2.45, 2.75) is 32.4 Å². The predicted molar refractivity (Wildman–Crippen MR) is 71.3 cm³/mol. The highest BCUT2D eigenvalue weighted by molar-refractivity contribution is 5.75. The number of rotatable bonds is 7. The van der Waals surface area contributed by atoms with Crippen LogP contribution in [0.1, 0.15) is 25.3 Å². The van der Waals surface area contributed by atoms with Crippen molar-refractivity contribution in [3.05, 3.63) is 30.1 Å². The van der Waals surface area contributed by atoms with Gasteiger partial charge in [-0.2, -0.15) is 5.26 Å². The number of nitrogens with one attached hydrogen (secondary N) is 1. The maximum absolute atomic E-state index is 11.3.